The highest BCUT2D eigenvalue weighted by Gasteiger charge is 2.19. The van der Waals surface area contributed by atoms with Crippen LogP contribution in [0.15, 0.2) is 121 Å². The smallest absolute Gasteiger partial charge is 0.00134 e. The van der Waals surface area contributed by atoms with E-state index in [0.29, 0.717) is 0 Å². The minimum Gasteiger partial charge on any atom is -0.0616 e. The normalized spacial score (nSPS) is 12.7. The minimum absolute atomic E-state index is 1.31. The van der Waals surface area contributed by atoms with Crippen LogP contribution in [0.4, 0.5) is 0 Å². The molecule has 0 aliphatic rings. The van der Waals surface area contributed by atoms with Crippen molar-refractivity contribution in [1.82, 2.24) is 0 Å². The van der Waals surface area contributed by atoms with Crippen LogP contribution >= 0.6 is 0 Å². The van der Waals surface area contributed by atoms with E-state index in [1.54, 1.807) is 0 Å². The number of hydrogen-bond donors (Lipinski definition) is 0. The molecule has 0 aliphatic heterocycles. The fourth-order valence-electron chi connectivity index (χ4n) is 7.54. The Morgan fingerprint density at radius 2 is 0.605 bits per heavy atom. The first-order valence-corrected chi connectivity index (χ1v) is 13.4. The second-order valence-electron chi connectivity index (χ2n) is 10.9. The van der Waals surface area contributed by atoms with Crippen LogP contribution in [0.3, 0.4) is 0 Å². The zero-order chi connectivity index (χ0) is 24.5. The molecular weight excluding hydrogens is 456 g/mol. The average molecular weight is 477 g/mol. The van der Waals surface area contributed by atoms with Gasteiger partial charge in [-0.15, -0.1) is 0 Å². The van der Waals surface area contributed by atoms with Crippen LogP contribution in [0.5, 0.6) is 0 Å². The van der Waals surface area contributed by atoms with Gasteiger partial charge in [-0.1, -0.05) is 109 Å². The van der Waals surface area contributed by atoms with E-state index in [1.807, 2.05) is 0 Å². The molecule has 0 bridgehead atoms. The molecule has 0 saturated carbocycles. The summed E-state index contributed by atoms with van der Waals surface area (Å²) in [5, 5.41) is 24.2. The van der Waals surface area contributed by atoms with Crippen molar-refractivity contribution >= 4 is 97.0 Å². The molecule has 0 heterocycles. The van der Waals surface area contributed by atoms with Gasteiger partial charge in [0, 0.05) is 0 Å². The van der Waals surface area contributed by atoms with E-state index >= 15 is 0 Å². The monoisotopic (exact) mass is 476 g/mol. The highest BCUT2D eigenvalue weighted by molar-refractivity contribution is 6.43. The van der Waals surface area contributed by atoms with Crippen LogP contribution in [-0.2, 0) is 0 Å². The molecule has 0 fully saturated rings. The lowest BCUT2D eigenvalue weighted by Gasteiger charge is -2.19. The molecule has 0 N–H and O–H groups in total. The third-order valence-corrected chi connectivity index (χ3v) is 9.05. The fraction of sp³-hybridized carbons (Fsp3) is 0. The Morgan fingerprint density at radius 1 is 0.211 bits per heavy atom. The summed E-state index contributed by atoms with van der Waals surface area (Å²) in [7, 11) is 0. The molecule has 0 unspecified atom stereocenters. The fourth-order valence-corrected chi connectivity index (χ4v) is 7.54. The molecule has 0 nitrogen and oxygen atoms in total. The van der Waals surface area contributed by atoms with Crippen LogP contribution < -0.4 is 0 Å². The Morgan fingerprint density at radius 3 is 1.05 bits per heavy atom. The van der Waals surface area contributed by atoms with Crippen molar-refractivity contribution in [3.05, 3.63) is 121 Å². The van der Waals surface area contributed by atoms with Crippen LogP contribution in [0.25, 0.3) is 97.0 Å². The molecule has 0 heteroatoms. The molecule has 0 amide bonds. The highest BCUT2D eigenvalue weighted by Crippen LogP contribution is 2.48. The summed E-state index contributed by atoms with van der Waals surface area (Å²) in [5.74, 6) is 0. The molecule has 10 aromatic carbocycles. The van der Waals surface area contributed by atoms with Gasteiger partial charge < -0.3 is 0 Å². The van der Waals surface area contributed by atoms with E-state index in [4.69, 9.17) is 0 Å². The van der Waals surface area contributed by atoms with E-state index < -0.39 is 0 Å². The van der Waals surface area contributed by atoms with Gasteiger partial charge in [-0.2, -0.15) is 0 Å². The molecule has 10 rings (SSSR count). The summed E-state index contributed by atoms with van der Waals surface area (Å²) in [4.78, 5) is 0. The van der Waals surface area contributed by atoms with Crippen molar-refractivity contribution in [3.8, 4) is 0 Å². The second kappa shape index (κ2) is 6.49. The van der Waals surface area contributed by atoms with Gasteiger partial charge >= 0.3 is 0 Å². The number of hydrogen-bond acceptors (Lipinski definition) is 0. The maximum absolute atomic E-state index is 2.45. The summed E-state index contributed by atoms with van der Waals surface area (Å²) in [6.45, 7) is 0. The van der Waals surface area contributed by atoms with Gasteiger partial charge in [0.15, 0.2) is 0 Å². The van der Waals surface area contributed by atoms with Crippen molar-refractivity contribution in [1.29, 1.82) is 0 Å². The maximum Gasteiger partial charge on any atom is -0.00134 e. The average Bonchev–Trinajstić information content (AvgIpc) is 2.98. The topological polar surface area (TPSA) is 0 Å². The summed E-state index contributed by atoms with van der Waals surface area (Å²) in [6.07, 6.45) is 0. The quantitative estimate of drug-likeness (QED) is 0.151. The van der Waals surface area contributed by atoms with Gasteiger partial charge in [-0.3, -0.25) is 0 Å². The van der Waals surface area contributed by atoms with Gasteiger partial charge in [0.05, 0.1) is 0 Å². The van der Waals surface area contributed by atoms with E-state index in [1.165, 1.54) is 97.0 Å². The Balaban J connectivity index is 1.61. The molecule has 38 heavy (non-hydrogen) atoms. The third-order valence-electron chi connectivity index (χ3n) is 9.05. The molecule has 172 valence electrons. The molecule has 0 radical (unpaired) electrons. The zero-order valence-electron chi connectivity index (χ0n) is 20.5. The van der Waals surface area contributed by atoms with Gasteiger partial charge in [-0.05, 0) is 109 Å². The Labute approximate surface area is 218 Å². The standard InChI is InChI=1S/C38H20/c1-2-10-28-27(9-1)31-19-25-13-11-21-5-3-7-23-15-17-29(35(25)33(21)23)37(31)38-30-18-16-24-8-4-6-22-12-14-26(20-32(28)38)36(30)34(22)24/h1-20H. The van der Waals surface area contributed by atoms with E-state index in [2.05, 4.69) is 121 Å². The molecule has 0 aliphatic carbocycles. The van der Waals surface area contributed by atoms with Gasteiger partial charge in [0.25, 0.3) is 0 Å². The van der Waals surface area contributed by atoms with Gasteiger partial charge in [0.2, 0.25) is 0 Å². The molecular formula is C38H20. The first kappa shape index (κ1) is 19.2. The molecule has 0 aromatic heterocycles. The summed E-state index contributed by atoms with van der Waals surface area (Å²) in [5.41, 5.74) is 0. The minimum atomic E-state index is 1.31. The molecule has 0 atom stereocenters. The lowest BCUT2D eigenvalue weighted by molar-refractivity contribution is 1.79. The first-order valence-electron chi connectivity index (χ1n) is 13.4. The number of benzene rings is 10. The van der Waals surface area contributed by atoms with Crippen LogP contribution in [0.2, 0.25) is 0 Å². The SMILES string of the molecule is c1cc2ccc3cc4c5ccccc5c5cc6ccc7cccc8ccc(c6c78)c5c4c4ccc(c1)c2c34. The van der Waals surface area contributed by atoms with E-state index in [0.717, 1.165) is 0 Å². The lowest BCUT2D eigenvalue weighted by atomic mass is 9.83. The lowest BCUT2D eigenvalue weighted by Crippen LogP contribution is -1.91. The highest BCUT2D eigenvalue weighted by atomic mass is 14.2. The summed E-state index contributed by atoms with van der Waals surface area (Å²) < 4.78 is 0. The predicted molar refractivity (Wildman–Crippen MR) is 166 cm³/mol. The molecule has 10 aromatic rings. The number of rotatable bonds is 0. The summed E-state index contributed by atoms with van der Waals surface area (Å²) in [6, 6.07) is 45.8. The van der Waals surface area contributed by atoms with Crippen LogP contribution in [0.1, 0.15) is 0 Å². The Bertz CT molecular complexity index is 2390. The molecule has 0 saturated heterocycles. The zero-order valence-corrected chi connectivity index (χ0v) is 20.5. The van der Waals surface area contributed by atoms with E-state index in [9.17, 15) is 0 Å². The van der Waals surface area contributed by atoms with Crippen molar-refractivity contribution in [3.63, 3.8) is 0 Å². The van der Waals surface area contributed by atoms with Crippen molar-refractivity contribution in [2.75, 3.05) is 0 Å². The third kappa shape index (κ3) is 2.16. The van der Waals surface area contributed by atoms with Gasteiger partial charge in [-0.25, -0.2) is 0 Å². The second-order valence-corrected chi connectivity index (χ2v) is 10.9. The summed E-state index contributed by atoms with van der Waals surface area (Å²) >= 11 is 0. The Kier molecular flexibility index (Phi) is 3.28. The first-order chi connectivity index (χ1) is 18.8. The van der Waals surface area contributed by atoms with Gasteiger partial charge in [0.1, 0.15) is 0 Å². The maximum atomic E-state index is 2.45. The van der Waals surface area contributed by atoms with Crippen molar-refractivity contribution in [2.24, 2.45) is 0 Å². The van der Waals surface area contributed by atoms with Crippen molar-refractivity contribution < 1.29 is 0 Å². The van der Waals surface area contributed by atoms with E-state index in [-0.39, 0.29) is 0 Å². The van der Waals surface area contributed by atoms with Crippen molar-refractivity contribution in [2.45, 2.75) is 0 Å². The largest absolute Gasteiger partial charge is 0.0616 e. The Hall–Kier alpha value is -4.94. The number of fused-ring (bicyclic) bond motifs is 8. The van der Waals surface area contributed by atoms with Crippen LogP contribution in [-0.4, -0.2) is 0 Å². The van der Waals surface area contributed by atoms with Crippen LogP contribution in [0, 0.1) is 0 Å². The molecule has 0 spiro atoms. The predicted octanol–water partition coefficient (Wildman–Crippen LogP) is 10.9.